The molecule has 0 bridgehead atoms. The molecule has 0 fully saturated rings. The number of anilines is 1. The molecule has 0 spiro atoms. The van der Waals surface area contributed by atoms with Gasteiger partial charge in [-0.15, -0.1) is 0 Å². The highest BCUT2D eigenvalue weighted by atomic mass is 32.2. The van der Waals surface area contributed by atoms with Crippen molar-refractivity contribution >= 4 is 46.2 Å². The molecule has 4 rings (SSSR count). The summed E-state index contributed by atoms with van der Waals surface area (Å²) in [6.07, 6.45) is 3.13. The van der Waals surface area contributed by atoms with Crippen LogP contribution < -0.4 is 14.9 Å². The highest BCUT2D eigenvalue weighted by molar-refractivity contribution is 8.00. The number of carbonyl (C=O) groups excluding carboxylic acids is 1. The van der Waals surface area contributed by atoms with Crippen molar-refractivity contribution < 1.29 is 9.90 Å². The molecule has 1 aromatic heterocycles. The molecular weight excluding hydrogens is 488 g/mol. The smallest absolute Gasteiger partial charge is 0.251 e. The summed E-state index contributed by atoms with van der Waals surface area (Å²) in [4.78, 5) is 13.6. The SMILES string of the molecule is CCSCCNC[C@@H](O)[C@H](Cc1ccccc1)NC(=O)c1cc2c3c(cn(CC)c3c1)CCSN2C. The summed E-state index contributed by atoms with van der Waals surface area (Å²) in [6.45, 7) is 6.41. The van der Waals surface area contributed by atoms with Gasteiger partial charge in [0.2, 0.25) is 0 Å². The van der Waals surface area contributed by atoms with Crippen molar-refractivity contribution in [3.05, 3.63) is 65.4 Å². The first-order valence-electron chi connectivity index (χ1n) is 12.9. The number of aromatic nitrogens is 1. The fraction of sp³-hybridized carbons (Fsp3) is 0.464. The van der Waals surface area contributed by atoms with Gasteiger partial charge in [0.15, 0.2) is 0 Å². The van der Waals surface area contributed by atoms with E-state index in [-0.39, 0.29) is 5.91 Å². The van der Waals surface area contributed by atoms with Gasteiger partial charge in [-0.3, -0.25) is 4.79 Å². The second-order valence-electron chi connectivity index (χ2n) is 9.15. The molecule has 1 aliphatic heterocycles. The van der Waals surface area contributed by atoms with Crippen molar-refractivity contribution in [2.75, 3.05) is 41.7 Å². The number of aliphatic hydroxyl groups is 1. The van der Waals surface area contributed by atoms with Gasteiger partial charge in [0.25, 0.3) is 5.91 Å². The van der Waals surface area contributed by atoms with E-state index < -0.39 is 12.1 Å². The Labute approximate surface area is 223 Å². The number of carbonyl (C=O) groups is 1. The predicted octanol–water partition coefficient (Wildman–Crippen LogP) is 4.35. The van der Waals surface area contributed by atoms with Crippen LogP contribution in [0.25, 0.3) is 10.9 Å². The highest BCUT2D eigenvalue weighted by Crippen LogP contribution is 2.38. The van der Waals surface area contributed by atoms with Crippen LogP contribution in [0.1, 0.15) is 35.3 Å². The van der Waals surface area contributed by atoms with Crippen LogP contribution in [0, 0.1) is 0 Å². The zero-order valence-corrected chi connectivity index (χ0v) is 23.1. The first-order chi connectivity index (χ1) is 17.5. The second-order valence-corrected chi connectivity index (χ2v) is 11.8. The minimum absolute atomic E-state index is 0.150. The molecule has 194 valence electrons. The van der Waals surface area contributed by atoms with Gasteiger partial charge in [0.05, 0.1) is 23.3 Å². The predicted molar refractivity (Wildman–Crippen MR) is 155 cm³/mol. The lowest BCUT2D eigenvalue weighted by molar-refractivity contribution is 0.0832. The zero-order chi connectivity index (χ0) is 25.5. The van der Waals surface area contributed by atoms with Gasteiger partial charge in [0.1, 0.15) is 0 Å². The molecular formula is C28H38N4O2S2. The quantitative estimate of drug-likeness (QED) is 0.241. The van der Waals surface area contributed by atoms with E-state index in [0.29, 0.717) is 18.5 Å². The first-order valence-corrected chi connectivity index (χ1v) is 14.9. The van der Waals surface area contributed by atoms with E-state index in [0.717, 1.165) is 53.5 Å². The standard InChI is InChI=1S/C28H38N4O2S2/c1-4-32-19-21-11-13-36-31(3)24-16-22(17-25(32)27(21)24)28(34)30-23(15-20-9-7-6-8-10-20)26(33)18-29-12-14-35-5-2/h6-10,16-17,19,23,26,29,33H,4-5,11-15,18H2,1-3H3,(H,30,34)/t23-,26+/m0/s1. The van der Waals surface area contributed by atoms with Crippen LogP contribution in [0.3, 0.4) is 0 Å². The molecule has 6 nitrogen and oxygen atoms in total. The molecule has 36 heavy (non-hydrogen) atoms. The fourth-order valence-electron chi connectivity index (χ4n) is 4.77. The van der Waals surface area contributed by atoms with Crippen molar-refractivity contribution in [3.8, 4) is 0 Å². The lowest BCUT2D eigenvalue weighted by Gasteiger charge is -2.25. The van der Waals surface area contributed by atoms with Crippen LogP contribution in [-0.2, 0) is 19.4 Å². The number of hydrogen-bond donors (Lipinski definition) is 3. The molecule has 3 N–H and O–H groups in total. The Balaban J connectivity index is 1.58. The van der Waals surface area contributed by atoms with E-state index in [1.807, 2.05) is 54.2 Å². The van der Waals surface area contributed by atoms with E-state index in [1.54, 1.807) is 11.9 Å². The number of thioether (sulfide) groups is 1. The third-order valence-corrected chi connectivity index (χ3v) is 8.57. The molecule has 0 aliphatic carbocycles. The minimum atomic E-state index is -0.699. The van der Waals surface area contributed by atoms with Crippen LogP contribution in [-0.4, -0.2) is 65.1 Å². The lowest BCUT2D eigenvalue weighted by Crippen LogP contribution is -2.49. The van der Waals surface area contributed by atoms with Crippen LogP contribution in [0.15, 0.2) is 48.7 Å². The molecule has 2 atom stereocenters. The Bertz CT molecular complexity index is 1150. The maximum atomic E-state index is 13.6. The second kappa shape index (κ2) is 12.9. The number of rotatable bonds is 12. The van der Waals surface area contributed by atoms with E-state index in [1.165, 1.54) is 10.9 Å². The van der Waals surface area contributed by atoms with Gasteiger partial charge in [-0.25, -0.2) is 0 Å². The monoisotopic (exact) mass is 526 g/mol. The number of nitrogens with one attached hydrogen (secondary N) is 2. The number of nitrogens with zero attached hydrogens (tertiary/aromatic N) is 2. The van der Waals surface area contributed by atoms with E-state index >= 15 is 0 Å². The summed E-state index contributed by atoms with van der Waals surface area (Å²) < 4.78 is 4.42. The highest BCUT2D eigenvalue weighted by Gasteiger charge is 2.25. The first kappa shape index (κ1) is 26.9. The molecule has 0 unspecified atom stereocenters. The largest absolute Gasteiger partial charge is 0.390 e. The summed E-state index contributed by atoms with van der Waals surface area (Å²) in [5, 5.41) is 18.8. The van der Waals surface area contributed by atoms with E-state index in [2.05, 4.69) is 46.6 Å². The van der Waals surface area contributed by atoms with E-state index in [4.69, 9.17) is 0 Å². The molecule has 2 aromatic carbocycles. The van der Waals surface area contributed by atoms with Gasteiger partial charge in [-0.1, -0.05) is 37.3 Å². The van der Waals surface area contributed by atoms with Crippen molar-refractivity contribution in [3.63, 3.8) is 0 Å². The summed E-state index contributed by atoms with van der Waals surface area (Å²) in [6, 6.07) is 13.7. The van der Waals surface area contributed by atoms with Crippen molar-refractivity contribution in [2.24, 2.45) is 0 Å². The normalized spacial score (nSPS) is 15.1. The summed E-state index contributed by atoms with van der Waals surface area (Å²) in [5.41, 5.74) is 5.24. The van der Waals surface area contributed by atoms with Gasteiger partial charge < -0.3 is 24.6 Å². The van der Waals surface area contributed by atoms with Gasteiger partial charge in [-0.05, 0) is 60.7 Å². The molecule has 3 aromatic rings. The maximum Gasteiger partial charge on any atom is 0.251 e. The number of aryl methyl sites for hydroxylation is 2. The van der Waals surface area contributed by atoms with Crippen molar-refractivity contribution in [1.29, 1.82) is 0 Å². The van der Waals surface area contributed by atoms with E-state index in [9.17, 15) is 9.90 Å². The molecule has 1 aliphatic rings. The molecule has 0 saturated heterocycles. The Hall–Kier alpha value is -2.13. The van der Waals surface area contributed by atoms with Crippen molar-refractivity contribution in [1.82, 2.24) is 15.2 Å². The van der Waals surface area contributed by atoms with Gasteiger partial charge in [0, 0.05) is 55.3 Å². The van der Waals surface area contributed by atoms with Gasteiger partial charge >= 0.3 is 0 Å². The summed E-state index contributed by atoms with van der Waals surface area (Å²) in [5.74, 6) is 2.96. The van der Waals surface area contributed by atoms with Crippen LogP contribution in [0.5, 0.6) is 0 Å². The molecule has 2 heterocycles. The summed E-state index contributed by atoms with van der Waals surface area (Å²) >= 11 is 3.66. The third kappa shape index (κ3) is 6.40. The zero-order valence-electron chi connectivity index (χ0n) is 21.5. The van der Waals surface area contributed by atoms with Crippen molar-refractivity contribution in [2.45, 2.75) is 45.4 Å². The average Bonchev–Trinajstić information content (AvgIpc) is 3.17. The number of hydrogen-bond acceptors (Lipinski definition) is 6. The Morgan fingerprint density at radius 3 is 2.78 bits per heavy atom. The van der Waals surface area contributed by atoms with Crippen LogP contribution >= 0.6 is 23.7 Å². The van der Waals surface area contributed by atoms with Crippen LogP contribution in [0.4, 0.5) is 5.69 Å². The van der Waals surface area contributed by atoms with Gasteiger partial charge in [-0.2, -0.15) is 11.8 Å². The molecule has 0 saturated carbocycles. The van der Waals surface area contributed by atoms with Crippen LogP contribution in [0.2, 0.25) is 0 Å². The molecule has 8 heteroatoms. The fourth-order valence-corrected chi connectivity index (χ4v) is 6.21. The molecule has 0 radical (unpaired) electrons. The average molecular weight is 527 g/mol. The third-order valence-electron chi connectivity index (χ3n) is 6.70. The summed E-state index contributed by atoms with van der Waals surface area (Å²) in [7, 11) is 2.07. The number of aliphatic hydroxyl groups excluding tert-OH is 1. The molecule has 1 amide bonds. The minimum Gasteiger partial charge on any atom is -0.390 e. The topological polar surface area (TPSA) is 69.5 Å². The lowest BCUT2D eigenvalue weighted by atomic mass is 10.00. The number of benzene rings is 2. The Morgan fingerprint density at radius 1 is 1.22 bits per heavy atom. The Morgan fingerprint density at radius 2 is 2.03 bits per heavy atom. The number of amides is 1. The maximum absolute atomic E-state index is 13.6. The Kier molecular flexibility index (Phi) is 9.65.